The van der Waals surface area contributed by atoms with Gasteiger partial charge in [0.15, 0.2) is 0 Å². The van der Waals surface area contributed by atoms with Crippen molar-refractivity contribution in [2.75, 3.05) is 5.33 Å². The van der Waals surface area contributed by atoms with Gasteiger partial charge in [-0.15, -0.1) is 0 Å². The largest absolute Gasteiger partial charge is 0.354 e. The van der Waals surface area contributed by atoms with Gasteiger partial charge < -0.3 is 5.32 Å². The lowest BCUT2D eigenvalue weighted by Crippen LogP contribution is -2.32. The number of alkyl halides is 1. The number of carbonyl (C=O) groups excluding carboxylic acids is 1. The summed E-state index contributed by atoms with van der Waals surface area (Å²) in [6.07, 6.45) is 4.12. The highest BCUT2D eigenvalue weighted by molar-refractivity contribution is 9.09. The first kappa shape index (κ1) is 13.9. The summed E-state index contributed by atoms with van der Waals surface area (Å²) < 4.78 is 0. The number of halogens is 1. The molecule has 0 aliphatic rings. The zero-order valence-corrected chi connectivity index (χ0v) is 11.1. The minimum atomic E-state index is 0.152. The molecule has 1 unspecified atom stereocenters. The molecule has 0 aromatic carbocycles. The standard InChI is InChI=1S/C11H22BrNO/c1-9(2)5-4-6-10(3)13-11(14)7-8-12/h9-10H,4-8H2,1-3H3,(H,13,14). The minimum absolute atomic E-state index is 0.152. The summed E-state index contributed by atoms with van der Waals surface area (Å²) >= 11 is 3.25. The Morgan fingerprint density at radius 1 is 1.29 bits per heavy atom. The first-order valence-corrected chi connectivity index (χ1v) is 6.53. The van der Waals surface area contributed by atoms with Gasteiger partial charge in [0.1, 0.15) is 0 Å². The summed E-state index contributed by atoms with van der Waals surface area (Å²) in [5.41, 5.74) is 0. The normalized spacial score (nSPS) is 12.9. The van der Waals surface area contributed by atoms with Crippen LogP contribution in [0, 0.1) is 5.92 Å². The fourth-order valence-corrected chi connectivity index (χ4v) is 1.70. The van der Waals surface area contributed by atoms with Crippen LogP contribution in [-0.2, 0) is 4.79 Å². The molecule has 0 saturated heterocycles. The molecule has 3 heteroatoms. The molecule has 0 spiro atoms. The Morgan fingerprint density at radius 2 is 1.93 bits per heavy atom. The van der Waals surface area contributed by atoms with Crippen molar-refractivity contribution in [2.24, 2.45) is 5.92 Å². The lowest BCUT2D eigenvalue weighted by Gasteiger charge is -2.13. The summed E-state index contributed by atoms with van der Waals surface area (Å²) in [5, 5.41) is 3.73. The zero-order valence-electron chi connectivity index (χ0n) is 9.48. The highest BCUT2D eigenvalue weighted by atomic mass is 79.9. The Kier molecular flexibility index (Phi) is 8.24. The highest BCUT2D eigenvalue weighted by Crippen LogP contribution is 2.08. The molecule has 1 N–H and O–H groups in total. The number of rotatable bonds is 7. The van der Waals surface area contributed by atoms with E-state index in [0.29, 0.717) is 12.5 Å². The van der Waals surface area contributed by atoms with E-state index in [4.69, 9.17) is 0 Å². The third-order valence-electron chi connectivity index (χ3n) is 2.15. The summed E-state index contributed by atoms with van der Waals surface area (Å²) in [6, 6.07) is 0.320. The van der Waals surface area contributed by atoms with E-state index in [1.54, 1.807) is 0 Å². The monoisotopic (exact) mass is 263 g/mol. The molecule has 0 heterocycles. The molecular weight excluding hydrogens is 242 g/mol. The fraction of sp³-hybridized carbons (Fsp3) is 0.909. The van der Waals surface area contributed by atoms with Crippen molar-refractivity contribution in [3.8, 4) is 0 Å². The van der Waals surface area contributed by atoms with Gasteiger partial charge in [0.05, 0.1) is 0 Å². The van der Waals surface area contributed by atoms with Gasteiger partial charge in [-0.1, -0.05) is 42.6 Å². The van der Waals surface area contributed by atoms with Crippen LogP contribution in [0.4, 0.5) is 0 Å². The van der Waals surface area contributed by atoms with E-state index in [0.717, 1.165) is 17.7 Å². The van der Waals surface area contributed by atoms with E-state index < -0.39 is 0 Å². The molecule has 1 atom stereocenters. The molecule has 0 bridgehead atoms. The maximum absolute atomic E-state index is 11.2. The van der Waals surface area contributed by atoms with Gasteiger partial charge in [0, 0.05) is 17.8 Å². The van der Waals surface area contributed by atoms with Crippen molar-refractivity contribution in [2.45, 2.75) is 52.5 Å². The van der Waals surface area contributed by atoms with Gasteiger partial charge in [-0.3, -0.25) is 4.79 Å². The van der Waals surface area contributed by atoms with Crippen molar-refractivity contribution in [3.63, 3.8) is 0 Å². The molecule has 0 aromatic heterocycles. The van der Waals surface area contributed by atoms with E-state index in [1.807, 2.05) is 0 Å². The van der Waals surface area contributed by atoms with Gasteiger partial charge in [-0.05, 0) is 19.3 Å². The van der Waals surface area contributed by atoms with E-state index in [2.05, 4.69) is 42.0 Å². The number of hydrogen-bond donors (Lipinski definition) is 1. The molecule has 0 aromatic rings. The Labute approximate surface area is 96.0 Å². The number of nitrogens with one attached hydrogen (secondary N) is 1. The van der Waals surface area contributed by atoms with Crippen molar-refractivity contribution in [1.82, 2.24) is 5.32 Å². The summed E-state index contributed by atoms with van der Waals surface area (Å²) in [7, 11) is 0. The molecule has 0 saturated carbocycles. The van der Waals surface area contributed by atoms with E-state index in [1.165, 1.54) is 12.8 Å². The first-order chi connectivity index (χ1) is 6.56. The third-order valence-corrected chi connectivity index (χ3v) is 2.54. The smallest absolute Gasteiger partial charge is 0.221 e. The number of hydrogen-bond acceptors (Lipinski definition) is 1. The number of amides is 1. The molecule has 0 rings (SSSR count). The topological polar surface area (TPSA) is 29.1 Å². The molecular formula is C11H22BrNO. The average molecular weight is 264 g/mol. The molecule has 14 heavy (non-hydrogen) atoms. The Morgan fingerprint density at radius 3 is 2.43 bits per heavy atom. The molecule has 1 amide bonds. The predicted octanol–water partition coefficient (Wildman–Crippen LogP) is 3.10. The van der Waals surface area contributed by atoms with E-state index in [9.17, 15) is 4.79 Å². The van der Waals surface area contributed by atoms with Crippen LogP contribution in [-0.4, -0.2) is 17.3 Å². The van der Waals surface area contributed by atoms with Crippen LogP contribution in [0.2, 0.25) is 0 Å². The molecule has 0 aliphatic carbocycles. The van der Waals surface area contributed by atoms with Crippen LogP contribution in [0.25, 0.3) is 0 Å². The number of carbonyl (C=O) groups is 1. The second-order valence-corrected chi connectivity index (χ2v) is 5.03. The van der Waals surface area contributed by atoms with Crippen molar-refractivity contribution < 1.29 is 4.79 Å². The minimum Gasteiger partial charge on any atom is -0.354 e. The lowest BCUT2D eigenvalue weighted by molar-refractivity contribution is -0.121. The van der Waals surface area contributed by atoms with Crippen LogP contribution in [0.15, 0.2) is 0 Å². The van der Waals surface area contributed by atoms with E-state index in [-0.39, 0.29) is 5.91 Å². The Balaban J connectivity index is 3.44. The maximum Gasteiger partial charge on any atom is 0.221 e. The van der Waals surface area contributed by atoms with Crippen molar-refractivity contribution in [1.29, 1.82) is 0 Å². The molecule has 0 fully saturated rings. The average Bonchev–Trinajstić information content (AvgIpc) is 2.03. The van der Waals surface area contributed by atoms with Gasteiger partial charge >= 0.3 is 0 Å². The van der Waals surface area contributed by atoms with Crippen LogP contribution < -0.4 is 5.32 Å². The quantitative estimate of drug-likeness (QED) is 0.703. The van der Waals surface area contributed by atoms with Crippen LogP contribution in [0.3, 0.4) is 0 Å². The second kappa shape index (κ2) is 8.27. The van der Waals surface area contributed by atoms with Crippen molar-refractivity contribution >= 4 is 21.8 Å². The molecule has 0 aliphatic heterocycles. The molecule has 0 radical (unpaired) electrons. The SMILES string of the molecule is CC(C)CCCC(C)NC(=O)CCBr. The van der Waals surface area contributed by atoms with Crippen molar-refractivity contribution in [3.05, 3.63) is 0 Å². The fourth-order valence-electron chi connectivity index (χ4n) is 1.34. The summed E-state index contributed by atoms with van der Waals surface area (Å²) in [5.74, 6) is 0.916. The van der Waals surface area contributed by atoms with Gasteiger partial charge in [0.25, 0.3) is 0 Å². The van der Waals surface area contributed by atoms with E-state index >= 15 is 0 Å². The lowest BCUT2D eigenvalue weighted by atomic mass is 10.0. The van der Waals surface area contributed by atoms with Gasteiger partial charge in [-0.2, -0.15) is 0 Å². The Bertz CT molecular complexity index is 159. The maximum atomic E-state index is 11.2. The molecule has 2 nitrogen and oxygen atoms in total. The summed E-state index contributed by atoms with van der Waals surface area (Å²) in [4.78, 5) is 11.2. The second-order valence-electron chi connectivity index (χ2n) is 4.23. The third kappa shape index (κ3) is 8.54. The van der Waals surface area contributed by atoms with Gasteiger partial charge in [-0.25, -0.2) is 0 Å². The van der Waals surface area contributed by atoms with Gasteiger partial charge in [0.2, 0.25) is 5.91 Å². The highest BCUT2D eigenvalue weighted by Gasteiger charge is 2.06. The van der Waals surface area contributed by atoms with Crippen LogP contribution in [0.5, 0.6) is 0 Å². The van der Waals surface area contributed by atoms with Crippen LogP contribution >= 0.6 is 15.9 Å². The summed E-state index contributed by atoms with van der Waals surface area (Å²) in [6.45, 7) is 6.54. The predicted molar refractivity (Wildman–Crippen MR) is 64.7 cm³/mol. The zero-order chi connectivity index (χ0) is 11.0. The van der Waals surface area contributed by atoms with Crippen LogP contribution in [0.1, 0.15) is 46.5 Å². The first-order valence-electron chi connectivity index (χ1n) is 5.41. The Hall–Kier alpha value is -0.0500. The molecule has 84 valence electrons.